The number of amides is 3. The fourth-order valence-corrected chi connectivity index (χ4v) is 8.34. The van der Waals surface area contributed by atoms with Crippen molar-refractivity contribution in [1.29, 1.82) is 0 Å². The van der Waals surface area contributed by atoms with Gasteiger partial charge in [0.2, 0.25) is 17.7 Å². The van der Waals surface area contributed by atoms with Crippen molar-refractivity contribution in [2.45, 2.75) is 22.7 Å². The van der Waals surface area contributed by atoms with Crippen LogP contribution in [-0.4, -0.2) is 58.7 Å². The first-order chi connectivity index (χ1) is 18.3. The maximum Gasteiger partial charge on any atom is 0.308 e. The number of ether oxygens (including phenoxy) is 1. The van der Waals surface area contributed by atoms with Gasteiger partial charge in [-0.05, 0) is 42.0 Å². The van der Waals surface area contributed by atoms with Crippen molar-refractivity contribution in [2.24, 2.45) is 5.92 Å². The molecule has 12 heteroatoms. The molecule has 8 nitrogen and oxygen atoms in total. The number of benzene rings is 2. The summed E-state index contributed by atoms with van der Waals surface area (Å²) in [6.07, 6.45) is 0. The summed E-state index contributed by atoms with van der Waals surface area (Å²) in [5.74, 6) is -2.03. The van der Waals surface area contributed by atoms with Crippen LogP contribution in [0.3, 0.4) is 0 Å². The van der Waals surface area contributed by atoms with E-state index in [9.17, 15) is 19.2 Å². The molecule has 6 rings (SSSR count). The Hall–Kier alpha value is -2.44. The normalized spacial score (nSPS) is 22.9. The summed E-state index contributed by atoms with van der Waals surface area (Å²) in [7, 11) is 0. The summed E-state index contributed by atoms with van der Waals surface area (Å²) in [4.78, 5) is 57.2. The van der Waals surface area contributed by atoms with E-state index >= 15 is 0 Å². The first-order valence-electron chi connectivity index (χ1n) is 12.0. The summed E-state index contributed by atoms with van der Waals surface area (Å²) in [6, 6.07) is 14.2. The van der Waals surface area contributed by atoms with Crippen molar-refractivity contribution >= 4 is 74.0 Å². The maximum atomic E-state index is 13.9. The van der Waals surface area contributed by atoms with Gasteiger partial charge in [-0.3, -0.25) is 23.7 Å². The third kappa shape index (κ3) is 4.44. The van der Waals surface area contributed by atoms with Crippen molar-refractivity contribution < 1.29 is 19.1 Å². The number of halogens is 2. The molecule has 0 radical (unpaired) electrons. The molecular formula is C26H21BrClN3O5S2. The molecular weight excluding hydrogens is 614 g/mol. The van der Waals surface area contributed by atoms with E-state index in [1.54, 1.807) is 29.2 Å². The number of rotatable bonds is 4. The molecule has 2 fully saturated rings. The fourth-order valence-electron chi connectivity index (χ4n) is 5.18. The van der Waals surface area contributed by atoms with Gasteiger partial charge < -0.3 is 9.64 Å². The van der Waals surface area contributed by atoms with E-state index in [2.05, 4.69) is 15.9 Å². The number of imide groups is 1. The molecule has 3 atom stereocenters. The van der Waals surface area contributed by atoms with Gasteiger partial charge in [-0.25, -0.2) is 4.90 Å². The van der Waals surface area contributed by atoms with Crippen LogP contribution in [0.15, 0.2) is 62.8 Å². The molecule has 0 aliphatic carbocycles. The molecule has 0 unspecified atom stereocenters. The van der Waals surface area contributed by atoms with Crippen LogP contribution in [0, 0.1) is 5.92 Å². The number of hydrogen-bond donors (Lipinski definition) is 0. The standard InChI is InChI=1S/C26H21BrClN3O5S2/c27-15-3-1-14(2-4-15)19-20-21(24(34)31(23(20)33)17-7-5-16(28)6-8-17)37-25-22(19)38-26(35)30(25)13-18(32)29-9-11-36-12-10-29/h1-8,19-21H,9-13H2/t19-,20-,21+/m0/s1. The van der Waals surface area contributed by atoms with Crippen molar-refractivity contribution in [2.75, 3.05) is 31.2 Å². The molecule has 0 bridgehead atoms. The number of carbonyl (C=O) groups excluding carboxylic acids is 3. The van der Waals surface area contributed by atoms with E-state index in [-0.39, 0.29) is 29.1 Å². The number of aromatic nitrogens is 1. The Morgan fingerprint density at radius 2 is 1.68 bits per heavy atom. The molecule has 1 aromatic heterocycles. The van der Waals surface area contributed by atoms with Gasteiger partial charge in [0.25, 0.3) is 0 Å². The second-order valence-electron chi connectivity index (χ2n) is 9.20. The third-order valence-corrected chi connectivity index (χ3v) is 10.4. The van der Waals surface area contributed by atoms with Crippen LogP contribution in [-0.2, 0) is 25.7 Å². The Bertz CT molecular complexity index is 1480. The zero-order valence-electron chi connectivity index (χ0n) is 19.8. The lowest BCUT2D eigenvalue weighted by Gasteiger charge is -2.31. The summed E-state index contributed by atoms with van der Waals surface area (Å²) in [5, 5.41) is 0.344. The predicted molar refractivity (Wildman–Crippen MR) is 149 cm³/mol. The van der Waals surface area contributed by atoms with Crippen molar-refractivity contribution in [1.82, 2.24) is 9.47 Å². The number of morpholine rings is 1. The van der Waals surface area contributed by atoms with E-state index < -0.39 is 17.1 Å². The fraction of sp³-hybridized carbons (Fsp3) is 0.308. The quantitative estimate of drug-likeness (QED) is 0.404. The SMILES string of the molecule is O=C(Cn1c2c(sc1=O)[C@@H](c1ccc(Br)cc1)[C@@H]1C(=O)N(c3ccc(Cl)cc3)C(=O)[C@@H]1S2)N1CCOCC1. The highest BCUT2D eigenvalue weighted by molar-refractivity contribution is 9.10. The molecule has 2 saturated heterocycles. The largest absolute Gasteiger partial charge is 0.378 e. The highest BCUT2D eigenvalue weighted by Crippen LogP contribution is 2.54. The lowest BCUT2D eigenvalue weighted by atomic mass is 9.83. The van der Waals surface area contributed by atoms with Crippen LogP contribution in [0.2, 0.25) is 5.02 Å². The van der Waals surface area contributed by atoms with Gasteiger partial charge >= 0.3 is 4.87 Å². The molecule has 4 heterocycles. The van der Waals surface area contributed by atoms with Crippen LogP contribution in [0.5, 0.6) is 0 Å². The van der Waals surface area contributed by atoms with E-state index in [0.717, 1.165) is 21.4 Å². The predicted octanol–water partition coefficient (Wildman–Crippen LogP) is 3.98. The van der Waals surface area contributed by atoms with Crippen molar-refractivity contribution in [3.05, 3.63) is 78.1 Å². The molecule has 3 aromatic rings. The van der Waals surface area contributed by atoms with Crippen LogP contribution >= 0.6 is 50.6 Å². The monoisotopic (exact) mass is 633 g/mol. The van der Waals surface area contributed by atoms with Gasteiger partial charge in [0.05, 0.1) is 29.8 Å². The molecule has 0 spiro atoms. The van der Waals surface area contributed by atoms with Crippen LogP contribution < -0.4 is 9.77 Å². The summed E-state index contributed by atoms with van der Waals surface area (Å²) < 4.78 is 7.69. The lowest BCUT2D eigenvalue weighted by molar-refractivity contribution is -0.136. The minimum atomic E-state index is -0.738. The highest BCUT2D eigenvalue weighted by Gasteiger charge is 2.56. The van der Waals surface area contributed by atoms with E-state index in [4.69, 9.17) is 16.3 Å². The highest BCUT2D eigenvalue weighted by atomic mass is 79.9. The number of thiazole rings is 1. The van der Waals surface area contributed by atoms with Crippen molar-refractivity contribution in [3.63, 3.8) is 0 Å². The molecule has 2 aromatic carbocycles. The Balaban J connectivity index is 1.43. The van der Waals surface area contributed by atoms with Crippen LogP contribution in [0.25, 0.3) is 0 Å². The van der Waals surface area contributed by atoms with Gasteiger partial charge in [-0.1, -0.05) is 62.8 Å². The topological polar surface area (TPSA) is 88.9 Å². The number of thioether (sulfide) groups is 1. The lowest BCUT2D eigenvalue weighted by Crippen LogP contribution is -2.43. The van der Waals surface area contributed by atoms with Gasteiger partial charge in [0.15, 0.2) is 0 Å². The smallest absolute Gasteiger partial charge is 0.308 e. The zero-order chi connectivity index (χ0) is 26.6. The van der Waals surface area contributed by atoms with Gasteiger partial charge in [-0.2, -0.15) is 0 Å². The molecule has 3 aliphatic heterocycles. The molecule has 0 saturated carbocycles. The maximum absolute atomic E-state index is 13.9. The second kappa shape index (κ2) is 10.3. The molecule has 196 valence electrons. The van der Waals surface area contributed by atoms with Gasteiger partial charge in [-0.15, -0.1) is 0 Å². The Morgan fingerprint density at radius 3 is 2.37 bits per heavy atom. The van der Waals surface area contributed by atoms with Gasteiger partial charge in [0, 0.05) is 33.4 Å². The molecule has 38 heavy (non-hydrogen) atoms. The minimum absolute atomic E-state index is 0.120. The number of fused-ring (bicyclic) bond motifs is 2. The first-order valence-corrected chi connectivity index (χ1v) is 14.8. The molecule has 3 amide bonds. The van der Waals surface area contributed by atoms with E-state index in [1.807, 2.05) is 24.3 Å². The average Bonchev–Trinajstić information content (AvgIpc) is 3.36. The first kappa shape index (κ1) is 25.8. The summed E-state index contributed by atoms with van der Waals surface area (Å²) in [5.41, 5.74) is 1.29. The van der Waals surface area contributed by atoms with Crippen LogP contribution in [0.4, 0.5) is 5.69 Å². The number of hydrogen-bond acceptors (Lipinski definition) is 7. The average molecular weight is 635 g/mol. The minimum Gasteiger partial charge on any atom is -0.378 e. The second-order valence-corrected chi connectivity index (χ2v) is 12.7. The molecule has 3 aliphatic rings. The Morgan fingerprint density at radius 1 is 1.00 bits per heavy atom. The Kier molecular flexibility index (Phi) is 6.98. The Labute approximate surface area is 239 Å². The van der Waals surface area contributed by atoms with Crippen molar-refractivity contribution in [3.8, 4) is 0 Å². The van der Waals surface area contributed by atoms with E-state index in [1.165, 1.54) is 21.2 Å². The summed E-state index contributed by atoms with van der Waals surface area (Å²) in [6.45, 7) is 1.75. The number of anilines is 1. The van der Waals surface area contributed by atoms with E-state index in [0.29, 0.717) is 46.9 Å². The third-order valence-electron chi connectivity index (χ3n) is 7.02. The van der Waals surface area contributed by atoms with Gasteiger partial charge in [0.1, 0.15) is 11.8 Å². The number of nitrogens with zero attached hydrogens (tertiary/aromatic N) is 3. The van der Waals surface area contributed by atoms with Crippen LogP contribution in [0.1, 0.15) is 16.4 Å². The summed E-state index contributed by atoms with van der Waals surface area (Å²) >= 11 is 11.8. The zero-order valence-corrected chi connectivity index (χ0v) is 23.8. The molecule has 0 N–H and O–H groups in total. The number of carbonyl (C=O) groups is 3.